The molecule has 0 saturated heterocycles. The van der Waals surface area contributed by atoms with Crippen LogP contribution in [0.3, 0.4) is 0 Å². The fourth-order valence-electron chi connectivity index (χ4n) is 2.90. The number of ether oxygens (including phenoxy) is 1. The van der Waals surface area contributed by atoms with Crippen LogP contribution in [0, 0.1) is 13.8 Å². The van der Waals surface area contributed by atoms with Gasteiger partial charge in [-0.15, -0.1) is 0 Å². The molecule has 120 valence electrons. The van der Waals surface area contributed by atoms with Gasteiger partial charge in [-0.3, -0.25) is 0 Å². The van der Waals surface area contributed by atoms with Gasteiger partial charge in [-0.25, -0.2) is 12.7 Å². The zero-order chi connectivity index (χ0) is 16.8. The number of para-hydroxylation sites is 2. The van der Waals surface area contributed by atoms with Gasteiger partial charge in [-0.2, -0.15) is 0 Å². The number of fused-ring (bicyclic) bond motifs is 1. The minimum atomic E-state index is -3.49. The van der Waals surface area contributed by atoms with Gasteiger partial charge in [-0.05, 0) is 31.5 Å². The molecule has 0 bridgehead atoms. The van der Waals surface area contributed by atoms with E-state index in [1.54, 1.807) is 18.2 Å². The fourth-order valence-corrected chi connectivity index (χ4v) is 3.93. The lowest BCUT2D eigenvalue weighted by Gasteiger charge is -2.25. The van der Waals surface area contributed by atoms with Crippen molar-refractivity contribution >= 4 is 21.3 Å². The molecular formula is C18H19NO3S. The predicted octanol–water partition coefficient (Wildman–Crippen LogP) is 3.50. The molecule has 0 aliphatic carbocycles. The summed E-state index contributed by atoms with van der Waals surface area (Å²) >= 11 is 0. The molecule has 0 amide bonds. The zero-order valence-electron chi connectivity index (χ0n) is 13.4. The lowest BCUT2D eigenvalue weighted by molar-refractivity contribution is 0.298. The van der Waals surface area contributed by atoms with Gasteiger partial charge in [0.15, 0.2) is 0 Å². The number of hydrogen-bond donors (Lipinski definition) is 0. The smallest absolute Gasteiger partial charge is 0.235 e. The molecule has 1 aliphatic heterocycles. The lowest BCUT2D eigenvalue weighted by atomic mass is 10.0. The molecule has 2 aromatic rings. The maximum absolute atomic E-state index is 12.3. The van der Waals surface area contributed by atoms with E-state index in [9.17, 15) is 8.42 Å². The van der Waals surface area contributed by atoms with Crippen LogP contribution in [-0.4, -0.2) is 20.9 Å². The van der Waals surface area contributed by atoms with Crippen molar-refractivity contribution < 1.29 is 13.2 Å². The average Bonchev–Trinajstić information content (AvgIpc) is 2.84. The summed E-state index contributed by atoms with van der Waals surface area (Å²) in [6.07, 6.45) is 0.420. The highest BCUT2D eigenvalue weighted by Gasteiger charge is 2.38. The molecule has 1 atom stereocenters. The first kappa shape index (κ1) is 15.6. The Hall–Kier alpha value is -2.27. The Morgan fingerprint density at radius 1 is 1.13 bits per heavy atom. The molecule has 3 rings (SSSR count). The van der Waals surface area contributed by atoms with Crippen LogP contribution in [0.15, 0.2) is 49.0 Å². The number of benzene rings is 2. The summed E-state index contributed by atoms with van der Waals surface area (Å²) < 4.78 is 31.7. The first-order valence-corrected chi connectivity index (χ1v) is 9.15. The van der Waals surface area contributed by atoms with Crippen molar-refractivity contribution in [2.24, 2.45) is 0 Å². The Morgan fingerprint density at radius 2 is 1.74 bits per heavy atom. The molecule has 0 spiro atoms. The number of anilines is 1. The molecular weight excluding hydrogens is 310 g/mol. The van der Waals surface area contributed by atoms with E-state index < -0.39 is 16.3 Å². The predicted molar refractivity (Wildman–Crippen MR) is 93.1 cm³/mol. The molecule has 0 aromatic heterocycles. The molecule has 0 radical (unpaired) electrons. The molecule has 1 heterocycles. The summed E-state index contributed by atoms with van der Waals surface area (Å²) in [5, 5.41) is 0. The Labute approximate surface area is 137 Å². The van der Waals surface area contributed by atoms with Crippen molar-refractivity contribution in [1.29, 1.82) is 0 Å². The third-order valence-electron chi connectivity index (χ3n) is 3.80. The summed E-state index contributed by atoms with van der Waals surface area (Å²) in [6.45, 7) is 8.11. The summed E-state index contributed by atoms with van der Waals surface area (Å²) in [7, 11) is -3.49. The largest absolute Gasteiger partial charge is 0.463 e. The highest BCUT2D eigenvalue weighted by Crippen LogP contribution is 2.42. The zero-order valence-corrected chi connectivity index (χ0v) is 14.2. The number of sulfonamides is 1. The Kier molecular flexibility index (Phi) is 3.68. The summed E-state index contributed by atoms with van der Waals surface area (Å²) in [5.74, 6) is 0.549. The van der Waals surface area contributed by atoms with Gasteiger partial charge >= 0.3 is 0 Å². The molecule has 1 aliphatic rings. The SMILES string of the molecule is C=C(c1cc(C)cc(C)c1)C1Oc2ccccc2N1S(C)(=O)=O. The van der Waals surface area contributed by atoms with Crippen molar-refractivity contribution in [3.05, 3.63) is 65.7 Å². The van der Waals surface area contributed by atoms with Gasteiger partial charge in [0.2, 0.25) is 16.3 Å². The van der Waals surface area contributed by atoms with Crippen LogP contribution in [0.1, 0.15) is 16.7 Å². The lowest BCUT2D eigenvalue weighted by Crippen LogP contribution is -2.39. The van der Waals surface area contributed by atoms with Gasteiger partial charge in [-0.1, -0.05) is 48.0 Å². The van der Waals surface area contributed by atoms with Crippen LogP contribution in [0.2, 0.25) is 0 Å². The van der Waals surface area contributed by atoms with Gasteiger partial charge in [0, 0.05) is 5.57 Å². The highest BCUT2D eigenvalue weighted by atomic mass is 32.2. The van der Waals surface area contributed by atoms with Crippen molar-refractivity contribution in [1.82, 2.24) is 0 Å². The maximum atomic E-state index is 12.3. The topological polar surface area (TPSA) is 46.6 Å². The van der Waals surface area contributed by atoms with E-state index in [0.29, 0.717) is 17.0 Å². The normalized spacial score (nSPS) is 16.8. The monoisotopic (exact) mass is 329 g/mol. The van der Waals surface area contributed by atoms with E-state index >= 15 is 0 Å². The van der Waals surface area contributed by atoms with Crippen LogP contribution in [0.4, 0.5) is 5.69 Å². The van der Waals surface area contributed by atoms with Crippen molar-refractivity contribution in [2.75, 3.05) is 10.6 Å². The molecule has 4 nitrogen and oxygen atoms in total. The second-order valence-electron chi connectivity index (χ2n) is 5.90. The van der Waals surface area contributed by atoms with Crippen LogP contribution >= 0.6 is 0 Å². The van der Waals surface area contributed by atoms with Crippen LogP contribution < -0.4 is 9.04 Å². The molecule has 2 aromatic carbocycles. The second kappa shape index (κ2) is 5.42. The minimum absolute atomic E-state index is 0.547. The number of nitrogens with zero attached hydrogens (tertiary/aromatic N) is 1. The van der Waals surface area contributed by atoms with E-state index in [4.69, 9.17) is 4.74 Å². The molecule has 1 unspecified atom stereocenters. The van der Waals surface area contributed by atoms with Gasteiger partial charge in [0.05, 0.1) is 11.9 Å². The molecule has 0 fully saturated rings. The first-order chi connectivity index (χ1) is 10.8. The van der Waals surface area contributed by atoms with Gasteiger partial charge < -0.3 is 4.74 Å². The summed E-state index contributed by atoms with van der Waals surface area (Å²) in [4.78, 5) is 0. The minimum Gasteiger partial charge on any atom is -0.463 e. The Morgan fingerprint density at radius 3 is 2.35 bits per heavy atom. The summed E-state index contributed by atoms with van der Waals surface area (Å²) in [6, 6.07) is 13.2. The third-order valence-corrected chi connectivity index (χ3v) is 4.90. The Bertz CT molecular complexity index is 867. The number of hydrogen-bond acceptors (Lipinski definition) is 3. The number of aryl methyl sites for hydroxylation is 2. The van der Waals surface area contributed by atoms with Crippen LogP contribution in [0.25, 0.3) is 5.57 Å². The number of rotatable bonds is 3. The van der Waals surface area contributed by atoms with Crippen LogP contribution in [0.5, 0.6) is 5.75 Å². The van der Waals surface area contributed by atoms with Crippen molar-refractivity contribution in [3.63, 3.8) is 0 Å². The summed E-state index contributed by atoms with van der Waals surface area (Å²) in [5.41, 5.74) is 4.25. The van der Waals surface area contributed by atoms with E-state index in [2.05, 4.69) is 12.6 Å². The quantitative estimate of drug-likeness (QED) is 0.866. The van der Waals surface area contributed by atoms with Crippen molar-refractivity contribution in [3.8, 4) is 5.75 Å². The average molecular weight is 329 g/mol. The van der Waals surface area contributed by atoms with Gasteiger partial charge in [0.1, 0.15) is 5.75 Å². The standard InChI is InChI=1S/C18H19NO3S/c1-12-9-13(2)11-15(10-12)14(3)18-19(23(4,20)21)16-7-5-6-8-17(16)22-18/h5-11,18H,3H2,1-2,4H3. The van der Waals surface area contributed by atoms with Crippen molar-refractivity contribution in [2.45, 2.75) is 20.1 Å². The first-order valence-electron chi connectivity index (χ1n) is 7.30. The molecule has 0 N–H and O–H groups in total. The van der Waals surface area contributed by atoms with E-state index in [1.165, 1.54) is 10.6 Å². The highest BCUT2D eigenvalue weighted by molar-refractivity contribution is 7.92. The second-order valence-corrected chi connectivity index (χ2v) is 7.76. The molecule has 0 saturated carbocycles. The Balaban J connectivity index is 2.07. The van der Waals surface area contributed by atoms with Gasteiger partial charge in [0.25, 0.3) is 0 Å². The van der Waals surface area contributed by atoms with Crippen LogP contribution in [-0.2, 0) is 10.0 Å². The molecule has 5 heteroatoms. The van der Waals surface area contributed by atoms with E-state index in [1.807, 2.05) is 32.0 Å². The van der Waals surface area contributed by atoms with E-state index in [0.717, 1.165) is 16.7 Å². The third kappa shape index (κ3) is 2.84. The molecule has 23 heavy (non-hydrogen) atoms. The van der Waals surface area contributed by atoms with E-state index in [-0.39, 0.29) is 0 Å². The maximum Gasteiger partial charge on any atom is 0.235 e. The fraction of sp³-hybridized carbons (Fsp3) is 0.222.